The van der Waals surface area contributed by atoms with Gasteiger partial charge >= 0.3 is 11.9 Å². The van der Waals surface area contributed by atoms with E-state index in [1.54, 1.807) is 51.3 Å². The Balaban J connectivity index is 0.000000302. The Kier molecular flexibility index (Phi) is 14.5. The molecule has 13 heteroatoms. The van der Waals surface area contributed by atoms with Gasteiger partial charge in [0.1, 0.15) is 34.2 Å². The number of hydrogen-bond donors (Lipinski definition) is 3. The average molecular weight is 931 g/mol. The van der Waals surface area contributed by atoms with Crippen LogP contribution in [-0.2, 0) is 35.1 Å². The number of rotatable bonds is 14. The minimum Gasteiger partial charge on any atom is -0.506 e. The first kappa shape index (κ1) is 50.7. The number of methoxy groups -OCH3 is 2. The molecule has 5 atom stereocenters. The van der Waals surface area contributed by atoms with E-state index in [4.69, 9.17) is 23.7 Å². The van der Waals surface area contributed by atoms with Gasteiger partial charge in [-0.3, -0.25) is 14.4 Å². The van der Waals surface area contributed by atoms with Gasteiger partial charge in [-0.2, -0.15) is 0 Å². The Labute approximate surface area is 397 Å². The van der Waals surface area contributed by atoms with Gasteiger partial charge in [0.2, 0.25) is 11.4 Å². The van der Waals surface area contributed by atoms with Gasteiger partial charge in [0.05, 0.1) is 25.4 Å². The Morgan fingerprint density at radius 1 is 0.897 bits per heavy atom. The summed E-state index contributed by atoms with van der Waals surface area (Å²) in [7, 11) is 2.95. The third kappa shape index (κ3) is 9.15. The highest BCUT2D eigenvalue weighted by Crippen LogP contribution is 2.64. The number of benzene rings is 2. The summed E-state index contributed by atoms with van der Waals surface area (Å²) in [6.07, 6.45) is 17.3. The second-order valence-electron chi connectivity index (χ2n) is 19.0. The highest BCUT2D eigenvalue weighted by atomic mass is 16.6. The molecule has 3 N–H and O–H groups in total. The van der Waals surface area contributed by atoms with Crippen molar-refractivity contribution >= 4 is 35.4 Å². The van der Waals surface area contributed by atoms with Gasteiger partial charge in [-0.15, -0.1) is 6.58 Å². The molecule has 0 aromatic heterocycles. The van der Waals surface area contributed by atoms with Crippen molar-refractivity contribution in [2.75, 3.05) is 14.2 Å². The van der Waals surface area contributed by atoms with Crippen LogP contribution >= 0.6 is 0 Å². The lowest BCUT2D eigenvalue weighted by Gasteiger charge is -2.50. The van der Waals surface area contributed by atoms with E-state index >= 15 is 0 Å². The molecular weight excluding hydrogens is 869 g/mol. The van der Waals surface area contributed by atoms with Crippen molar-refractivity contribution in [1.29, 1.82) is 0 Å². The van der Waals surface area contributed by atoms with Crippen molar-refractivity contribution in [3.8, 4) is 23.0 Å². The van der Waals surface area contributed by atoms with Gasteiger partial charge in [-0.25, -0.2) is 9.59 Å². The SMILES string of the molecule is C=CC(C1=CC(=O)C(OC)=CC1=O)c1ccc(OC)cc1.CC(C)=CCCC1(C)C=Cc2c(O)c3c(c(CC=C(C)C)c2O1)OC12C(=CCCC1C(C)(C)OC2(CC=C(C)C(=O)O)C(=O)O)C3=O. The zero-order valence-corrected chi connectivity index (χ0v) is 40.5. The third-order valence-electron chi connectivity index (χ3n) is 13.4. The van der Waals surface area contributed by atoms with Gasteiger partial charge in [0.15, 0.2) is 22.9 Å². The number of carbonyl (C=O) groups is 5. The highest BCUT2D eigenvalue weighted by Gasteiger charge is 2.77. The standard InChI is InChI=1S/C38H46O9.C17H16O4/c1-21(2)11-10-18-36(8)19-17-24-29(39)28-30(40)26-12-9-13-27-35(6,7)47-37(34(43)44,20-16-23(5)33(41)42)38(26,27)46-32(28)25(31(24)45-36)15-14-22(3)4;1-4-13(11-5-7-12(20-2)8-6-11)14-9-16(19)17(21-3)10-15(14)18/h11-12,14,16-17,19,27,39H,9-10,13,15,18,20H2,1-8H3,(H,41,42)(H,43,44);4-10,13H,1H2,2-3H3. The van der Waals surface area contributed by atoms with Crippen LogP contribution in [0.3, 0.4) is 0 Å². The van der Waals surface area contributed by atoms with E-state index in [1.165, 1.54) is 37.8 Å². The fourth-order valence-electron chi connectivity index (χ4n) is 9.88. The lowest BCUT2D eigenvalue weighted by atomic mass is 9.60. The smallest absolute Gasteiger partial charge is 0.340 e. The third-order valence-corrected chi connectivity index (χ3v) is 13.4. The largest absolute Gasteiger partial charge is 0.506 e. The zero-order chi connectivity index (χ0) is 50.1. The number of ether oxygens (including phenoxy) is 5. The minimum absolute atomic E-state index is 0.0407. The van der Waals surface area contributed by atoms with Crippen LogP contribution in [0.25, 0.3) is 6.08 Å². The van der Waals surface area contributed by atoms with Crippen molar-refractivity contribution in [3.63, 3.8) is 0 Å². The van der Waals surface area contributed by atoms with Crippen LogP contribution in [-0.4, -0.2) is 81.2 Å². The number of aromatic hydroxyl groups is 1. The predicted molar refractivity (Wildman–Crippen MR) is 257 cm³/mol. The summed E-state index contributed by atoms with van der Waals surface area (Å²) in [5, 5.41) is 32.4. The number of carboxylic acid groups (broad SMARTS) is 2. The minimum atomic E-state index is -2.16. The molecule has 3 aliphatic heterocycles. The zero-order valence-electron chi connectivity index (χ0n) is 40.5. The maximum absolute atomic E-state index is 14.7. The molecule has 3 heterocycles. The quantitative estimate of drug-likeness (QED) is 0.0922. The van der Waals surface area contributed by atoms with Crippen molar-refractivity contribution in [3.05, 3.63) is 135 Å². The van der Waals surface area contributed by atoms with Gasteiger partial charge < -0.3 is 39.0 Å². The molecule has 2 aliphatic carbocycles. The molecule has 68 heavy (non-hydrogen) atoms. The average Bonchev–Trinajstić information content (AvgIpc) is 3.49. The number of carboxylic acids is 2. The number of ketones is 3. The lowest BCUT2D eigenvalue weighted by molar-refractivity contribution is -0.184. The molecule has 2 aromatic rings. The molecule has 0 amide bonds. The van der Waals surface area contributed by atoms with E-state index in [0.29, 0.717) is 48.1 Å². The highest BCUT2D eigenvalue weighted by molar-refractivity contribution is 6.20. The first-order valence-corrected chi connectivity index (χ1v) is 22.7. The molecule has 2 aromatic carbocycles. The molecule has 5 unspecified atom stereocenters. The van der Waals surface area contributed by atoms with Crippen molar-refractivity contribution in [2.45, 2.75) is 122 Å². The molecule has 13 nitrogen and oxygen atoms in total. The molecule has 7 rings (SSSR count). The van der Waals surface area contributed by atoms with Crippen LogP contribution in [0.5, 0.6) is 23.0 Å². The molecule has 0 bridgehead atoms. The fraction of sp³-hybridized carbons (Fsp3) is 0.400. The van der Waals surface area contributed by atoms with E-state index in [-0.39, 0.29) is 57.9 Å². The molecule has 0 saturated carbocycles. The topological polar surface area (TPSA) is 192 Å². The summed E-state index contributed by atoms with van der Waals surface area (Å²) in [6.45, 7) is 18.7. The first-order valence-electron chi connectivity index (χ1n) is 22.7. The Bertz CT molecular complexity index is 2660. The number of phenols is 1. The molecule has 1 saturated heterocycles. The van der Waals surface area contributed by atoms with Crippen LogP contribution in [0, 0.1) is 5.92 Å². The Morgan fingerprint density at radius 2 is 1.57 bits per heavy atom. The molecule has 0 radical (unpaired) electrons. The van der Waals surface area contributed by atoms with E-state index in [2.05, 4.69) is 12.7 Å². The second-order valence-corrected chi connectivity index (χ2v) is 19.0. The molecular formula is C55H62O13. The summed E-state index contributed by atoms with van der Waals surface area (Å²) in [4.78, 5) is 64.1. The van der Waals surface area contributed by atoms with Crippen LogP contribution in [0.4, 0.5) is 0 Å². The maximum Gasteiger partial charge on any atom is 0.340 e. The molecule has 360 valence electrons. The Morgan fingerprint density at radius 3 is 2.16 bits per heavy atom. The Hall–Kier alpha value is -6.73. The van der Waals surface area contributed by atoms with Gasteiger partial charge in [0.25, 0.3) is 0 Å². The van der Waals surface area contributed by atoms with Crippen molar-refractivity contribution in [1.82, 2.24) is 0 Å². The number of hydrogen-bond acceptors (Lipinski definition) is 11. The predicted octanol–water partition coefficient (Wildman–Crippen LogP) is 10.1. The summed E-state index contributed by atoms with van der Waals surface area (Å²) < 4.78 is 30.2. The summed E-state index contributed by atoms with van der Waals surface area (Å²) in [6, 6.07) is 7.30. The normalized spacial score (nSPS) is 24.6. The number of aliphatic carboxylic acids is 2. The number of carbonyl (C=O) groups excluding carboxylic acids is 3. The van der Waals surface area contributed by atoms with Crippen molar-refractivity contribution in [2.24, 2.45) is 5.92 Å². The van der Waals surface area contributed by atoms with E-state index < -0.39 is 46.0 Å². The van der Waals surface area contributed by atoms with E-state index in [9.17, 15) is 39.3 Å². The fourth-order valence-corrected chi connectivity index (χ4v) is 9.88. The van der Waals surface area contributed by atoms with E-state index in [0.717, 1.165) is 23.3 Å². The first-order chi connectivity index (χ1) is 32.0. The van der Waals surface area contributed by atoms with Gasteiger partial charge in [-0.1, -0.05) is 53.7 Å². The summed E-state index contributed by atoms with van der Waals surface area (Å²) in [5.41, 5.74) is -1.41. The lowest BCUT2D eigenvalue weighted by Crippen LogP contribution is -2.66. The monoisotopic (exact) mass is 930 g/mol. The number of Topliss-reactive ketones (excluding diaryl/α,β-unsaturated/α-hetero) is 1. The van der Waals surface area contributed by atoms with E-state index in [1.807, 2.05) is 58.9 Å². The summed E-state index contributed by atoms with van der Waals surface area (Å²) in [5.74, 6) is -3.65. The van der Waals surface area contributed by atoms with Crippen LogP contribution in [0.2, 0.25) is 0 Å². The molecule has 5 aliphatic rings. The van der Waals surface area contributed by atoms with Crippen LogP contribution in [0.15, 0.2) is 113 Å². The molecule has 1 spiro atoms. The number of allylic oxidation sites excluding steroid dienone is 9. The maximum atomic E-state index is 14.7. The number of phenolic OH excluding ortho intramolecular Hbond substituents is 1. The second kappa shape index (κ2) is 19.5. The van der Waals surface area contributed by atoms with Crippen molar-refractivity contribution < 1.29 is 63.0 Å². The van der Waals surface area contributed by atoms with Crippen LogP contribution < -0.4 is 14.2 Å². The number of fused-ring (bicyclic) bond motifs is 2. The van der Waals surface area contributed by atoms with Crippen LogP contribution in [0.1, 0.15) is 120 Å². The molecule has 1 fully saturated rings. The van der Waals surface area contributed by atoms with Gasteiger partial charge in [-0.05, 0) is 123 Å². The van der Waals surface area contributed by atoms with Gasteiger partial charge in [0, 0.05) is 46.6 Å². The summed E-state index contributed by atoms with van der Waals surface area (Å²) >= 11 is 0.